The highest BCUT2D eigenvalue weighted by Gasteiger charge is 2.38. The van der Waals surface area contributed by atoms with E-state index < -0.39 is 12.7 Å². The monoisotopic (exact) mass is 262 g/mol. The quantitative estimate of drug-likeness (QED) is 0.839. The third-order valence-corrected chi connectivity index (χ3v) is 4.23. The minimum Gasteiger partial charge on any atom is -0.306 e. The van der Waals surface area contributed by atoms with Crippen molar-refractivity contribution in [3.8, 4) is 6.07 Å². The smallest absolute Gasteiger partial charge is 0.306 e. The van der Waals surface area contributed by atoms with E-state index in [1.165, 1.54) is 0 Å². The first-order chi connectivity index (χ1) is 8.29. The van der Waals surface area contributed by atoms with E-state index in [0.717, 1.165) is 25.7 Å². The van der Waals surface area contributed by atoms with Gasteiger partial charge in [-0.05, 0) is 37.0 Å². The van der Waals surface area contributed by atoms with Crippen LogP contribution in [0.3, 0.4) is 0 Å². The highest BCUT2D eigenvalue weighted by atomic mass is 19.4. The first-order valence-electron chi connectivity index (χ1n) is 6.46. The molecule has 1 fully saturated rings. The average molecular weight is 262 g/mol. The van der Waals surface area contributed by atoms with E-state index in [-0.39, 0.29) is 11.5 Å². The standard InChI is InChI=1S/C13H21F3N2/c1-10(2)12(7-8-17)5-3-11(4-6-12)18-9-13(14,15)16/h10-11,18H,3-7,9H2,1-2H3/t11-,12-. The zero-order valence-corrected chi connectivity index (χ0v) is 11.0. The Bertz CT molecular complexity index is 296. The third kappa shape index (κ3) is 4.16. The predicted molar refractivity (Wildman–Crippen MR) is 63.8 cm³/mol. The fraction of sp³-hybridized carbons (Fsp3) is 0.923. The maximum absolute atomic E-state index is 12.1. The van der Waals surface area contributed by atoms with Crippen LogP contribution in [-0.4, -0.2) is 18.8 Å². The molecule has 0 saturated heterocycles. The highest BCUT2D eigenvalue weighted by Crippen LogP contribution is 2.45. The van der Waals surface area contributed by atoms with Crippen molar-refractivity contribution in [3.63, 3.8) is 0 Å². The Kier molecular flexibility index (Phi) is 5.03. The Hall–Kier alpha value is -0.760. The van der Waals surface area contributed by atoms with Crippen molar-refractivity contribution in [2.75, 3.05) is 6.54 Å². The molecule has 2 nitrogen and oxygen atoms in total. The van der Waals surface area contributed by atoms with E-state index in [2.05, 4.69) is 25.2 Å². The van der Waals surface area contributed by atoms with Crippen molar-refractivity contribution in [1.82, 2.24) is 5.32 Å². The Morgan fingerprint density at radius 1 is 1.33 bits per heavy atom. The molecule has 18 heavy (non-hydrogen) atoms. The molecule has 104 valence electrons. The molecule has 0 aliphatic heterocycles. The summed E-state index contributed by atoms with van der Waals surface area (Å²) < 4.78 is 36.3. The van der Waals surface area contributed by atoms with Crippen LogP contribution in [0.4, 0.5) is 13.2 Å². The summed E-state index contributed by atoms with van der Waals surface area (Å²) in [5.41, 5.74) is 0.00512. The van der Waals surface area contributed by atoms with Gasteiger partial charge in [0.05, 0.1) is 12.6 Å². The SMILES string of the molecule is CC(C)[C@]1(CC#N)CC[C@@H](NCC(F)(F)F)CC1. The molecule has 5 heteroatoms. The summed E-state index contributed by atoms with van der Waals surface area (Å²) in [5.74, 6) is 0.403. The molecule has 0 aromatic heterocycles. The average Bonchev–Trinajstić information content (AvgIpc) is 2.27. The van der Waals surface area contributed by atoms with Gasteiger partial charge in [-0.25, -0.2) is 0 Å². The van der Waals surface area contributed by atoms with Gasteiger partial charge in [-0.3, -0.25) is 0 Å². The molecule has 0 amide bonds. The lowest BCUT2D eigenvalue weighted by Gasteiger charge is -2.42. The third-order valence-electron chi connectivity index (χ3n) is 4.23. The van der Waals surface area contributed by atoms with Gasteiger partial charge >= 0.3 is 6.18 Å². The first kappa shape index (κ1) is 15.3. The Morgan fingerprint density at radius 2 is 1.89 bits per heavy atom. The molecule has 0 spiro atoms. The molecule has 1 aliphatic rings. The van der Waals surface area contributed by atoms with E-state index in [4.69, 9.17) is 5.26 Å². The largest absolute Gasteiger partial charge is 0.401 e. The topological polar surface area (TPSA) is 35.8 Å². The van der Waals surface area contributed by atoms with E-state index in [1.54, 1.807) is 0 Å². The molecule has 0 bridgehead atoms. The van der Waals surface area contributed by atoms with Crippen molar-refractivity contribution < 1.29 is 13.2 Å². The van der Waals surface area contributed by atoms with Crippen LogP contribution < -0.4 is 5.32 Å². The number of nitriles is 1. The zero-order valence-electron chi connectivity index (χ0n) is 11.0. The Balaban J connectivity index is 2.46. The number of hydrogen-bond donors (Lipinski definition) is 1. The molecule has 1 saturated carbocycles. The summed E-state index contributed by atoms with van der Waals surface area (Å²) in [4.78, 5) is 0. The second-order valence-corrected chi connectivity index (χ2v) is 5.62. The summed E-state index contributed by atoms with van der Waals surface area (Å²) >= 11 is 0. The summed E-state index contributed by atoms with van der Waals surface area (Å²) in [6.07, 6.45) is -0.483. The van der Waals surface area contributed by atoms with Crippen molar-refractivity contribution in [1.29, 1.82) is 5.26 Å². The molecule has 1 rings (SSSR count). The maximum Gasteiger partial charge on any atom is 0.401 e. The minimum atomic E-state index is -4.14. The van der Waals surface area contributed by atoms with Crippen LogP contribution in [-0.2, 0) is 0 Å². The number of halogens is 3. The number of nitrogens with one attached hydrogen (secondary N) is 1. The van der Waals surface area contributed by atoms with Gasteiger partial charge in [0, 0.05) is 12.5 Å². The van der Waals surface area contributed by atoms with Crippen LogP contribution in [0, 0.1) is 22.7 Å². The molecule has 0 heterocycles. The van der Waals surface area contributed by atoms with Crippen LogP contribution in [0.25, 0.3) is 0 Å². The van der Waals surface area contributed by atoms with Crippen LogP contribution in [0.15, 0.2) is 0 Å². The maximum atomic E-state index is 12.1. The van der Waals surface area contributed by atoms with Crippen LogP contribution in [0.5, 0.6) is 0 Å². The lowest BCUT2D eigenvalue weighted by atomic mass is 9.64. The van der Waals surface area contributed by atoms with Gasteiger partial charge in [-0.1, -0.05) is 13.8 Å². The van der Waals surface area contributed by atoms with Crippen LogP contribution in [0.1, 0.15) is 46.0 Å². The van der Waals surface area contributed by atoms with Gasteiger partial charge in [0.1, 0.15) is 0 Å². The van der Waals surface area contributed by atoms with E-state index in [9.17, 15) is 13.2 Å². The molecule has 0 unspecified atom stereocenters. The number of alkyl halides is 3. The fourth-order valence-corrected chi connectivity index (χ4v) is 2.77. The van der Waals surface area contributed by atoms with Gasteiger partial charge in [0.15, 0.2) is 0 Å². The summed E-state index contributed by atoms with van der Waals surface area (Å²) in [6.45, 7) is 3.28. The molecule has 1 N–H and O–H groups in total. The molecule has 0 aromatic rings. The zero-order chi connectivity index (χ0) is 13.8. The number of nitrogens with zero attached hydrogens (tertiary/aromatic N) is 1. The molecule has 0 aromatic carbocycles. The van der Waals surface area contributed by atoms with Gasteiger partial charge in [-0.15, -0.1) is 0 Å². The summed E-state index contributed by atoms with van der Waals surface area (Å²) in [7, 11) is 0. The van der Waals surface area contributed by atoms with Gasteiger partial charge in [-0.2, -0.15) is 18.4 Å². The van der Waals surface area contributed by atoms with Gasteiger partial charge in [0.25, 0.3) is 0 Å². The molecule has 1 aliphatic carbocycles. The van der Waals surface area contributed by atoms with Crippen molar-refractivity contribution in [2.24, 2.45) is 11.3 Å². The normalized spacial score (nSPS) is 29.3. The fourth-order valence-electron chi connectivity index (χ4n) is 2.77. The highest BCUT2D eigenvalue weighted by molar-refractivity contribution is 4.95. The summed E-state index contributed by atoms with van der Waals surface area (Å²) in [5, 5.41) is 11.5. The van der Waals surface area contributed by atoms with Crippen molar-refractivity contribution in [3.05, 3.63) is 0 Å². The molecular formula is C13H21F3N2. The lowest BCUT2D eigenvalue weighted by molar-refractivity contribution is -0.127. The summed E-state index contributed by atoms with van der Waals surface area (Å²) in [6, 6.07) is 2.17. The van der Waals surface area contributed by atoms with Crippen LogP contribution in [0.2, 0.25) is 0 Å². The predicted octanol–water partition coefficient (Wildman–Crippen LogP) is 3.64. The van der Waals surface area contributed by atoms with Crippen molar-refractivity contribution in [2.45, 2.75) is 58.2 Å². The minimum absolute atomic E-state index is 0.00512. The lowest BCUT2D eigenvalue weighted by Crippen LogP contribution is -2.43. The second-order valence-electron chi connectivity index (χ2n) is 5.62. The molecular weight excluding hydrogens is 241 g/mol. The second kappa shape index (κ2) is 5.92. The molecule has 0 radical (unpaired) electrons. The Labute approximate surface area is 107 Å². The van der Waals surface area contributed by atoms with Crippen LogP contribution >= 0.6 is 0 Å². The number of hydrogen-bond acceptors (Lipinski definition) is 2. The van der Waals surface area contributed by atoms with Gasteiger partial charge in [0.2, 0.25) is 0 Å². The van der Waals surface area contributed by atoms with Crippen molar-refractivity contribution >= 4 is 0 Å². The van der Waals surface area contributed by atoms with E-state index in [1.807, 2.05) is 0 Å². The van der Waals surface area contributed by atoms with E-state index >= 15 is 0 Å². The van der Waals surface area contributed by atoms with E-state index in [0.29, 0.717) is 12.3 Å². The Morgan fingerprint density at radius 3 is 2.28 bits per heavy atom. The first-order valence-corrected chi connectivity index (χ1v) is 6.46. The molecule has 0 atom stereocenters. The van der Waals surface area contributed by atoms with Gasteiger partial charge < -0.3 is 5.32 Å². The number of rotatable bonds is 4.